The molecule has 1 aliphatic heterocycles. The summed E-state index contributed by atoms with van der Waals surface area (Å²) in [5.74, 6) is 0.788. The van der Waals surface area contributed by atoms with Gasteiger partial charge in [-0.2, -0.15) is 0 Å². The second kappa shape index (κ2) is 6.34. The molecule has 22 heavy (non-hydrogen) atoms. The molecule has 2 heterocycles. The van der Waals surface area contributed by atoms with Crippen LogP contribution in [0.15, 0.2) is 24.3 Å². The summed E-state index contributed by atoms with van der Waals surface area (Å²) in [5, 5.41) is 1.27. The van der Waals surface area contributed by atoms with Crippen molar-refractivity contribution in [1.29, 1.82) is 0 Å². The predicted molar refractivity (Wildman–Crippen MR) is 90.4 cm³/mol. The van der Waals surface area contributed by atoms with E-state index in [2.05, 4.69) is 25.1 Å². The fourth-order valence-electron chi connectivity index (χ4n) is 3.30. The number of aromatic nitrogens is 1. The van der Waals surface area contributed by atoms with Crippen molar-refractivity contribution in [2.45, 2.75) is 31.7 Å². The number of amides is 1. The molecule has 1 aromatic carbocycles. The van der Waals surface area contributed by atoms with Crippen molar-refractivity contribution >= 4 is 27.5 Å². The molecular formula is C17H24N3OS+. The summed E-state index contributed by atoms with van der Waals surface area (Å²) >= 11 is 1.83. The molecule has 0 saturated carbocycles. The van der Waals surface area contributed by atoms with Gasteiger partial charge in [0.15, 0.2) is 6.04 Å². The zero-order chi connectivity index (χ0) is 15.7. The maximum absolute atomic E-state index is 12.1. The molecule has 2 aromatic rings. The van der Waals surface area contributed by atoms with Crippen LogP contribution in [-0.4, -0.2) is 49.0 Å². The van der Waals surface area contributed by atoms with Gasteiger partial charge in [0.1, 0.15) is 0 Å². The third-order valence-electron chi connectivity index (χ3n) is 4.71. The van der Waals surface area contributed by atoms with Crippen molar-refractivity contribution in [2.24, 2.45) is 0 Å². The van der Waals surface area contributed by atoms with Crippen LogP contribution < -0.4 is 4.90 Å². The maximum atomic E-state index is 12.1. The number of hydrogen-bond acceptors (Lipinski definition) is 3. The van der Waals surface area contributed by atoms with E-state index in [1.807, 2.05) is 31.5 Å². The summed E-state index contributed by atoms with van der Waals surface area (Å²) in [6.07, 6.45) is 2.25. The molecule has 0 aliphatic carbocycles. The van der Waals surface area contributed by atoms with Crippen molar-refractivity contribution in [3.63, 3.8) is 0 Å². The zero-order valence-corrected chi connectivity index (χ0v) is 14.3. The van der Waals surface area contributed by atoms with Crippen molar-refractivity contribution < 1.29 is 9.69 Å². The lowest BCUT2D eigenvalue weighted by Gasteiger charge is -2.32. The van der Waals surface area contributed by atoms with Gasteiger partial charge in [-0.25, -0.2) is 4.98 Å². The SMILES string of the molecule is C[C@@H](C(=O)N(C)C)[NH+]1CCC(c2nc3ccccc3s2)CC1. The van der Waals surface area contributed by atoms with Crippen LogP contribution >= 0.6 is 11.3 Å². The lowest BCUT2D eigenvalue weighted by atomic mass is 9.96. The number of fused-ring (bicyclic) bond motifs is 1. The van der Waals surface area contributed by atoms with E-state index in [4.69, 9.17) is 4.98 Å². The molecule has 0 unspecified atom stereocenters. The first-order valence-electron chi connectivity index (χ1n) is 7.97. The minimum Gasteiger partial charge on any atom is -0.344 e. The second-order valence-corrected chi connectivity index (χ2v) is 7.47. The number of likely N-dealkylation sites (N-methyl/N-ethyl adjacent to an activating group) is 1. The Labute approximate surface area is 135 Å². The number of rotatable bonds is 3. The highest BCUT2D eigenvalue weighted by molar-refractivity contribution is 7.18. The molecular weight excluding hydrogens is 294 g/mol. The van der Waals surface area contributed by atoms with Crippen molar-refractivity contribution in [2.75, 3.05) is 27.2 Å². The normalized spacial score (nSPS) is 23.4. The fourth-order valence-corrected chi connectivity index (χ4v) is 4.43. The quantitative estimate of drug-likeness (QED) is 0.932. The van der Waals surface area contributed by atoms with Crippen LogP contribution in [0, 0.1) is 0 Å². The molecule has 1 aromatic heterocycles. The van der Waals surface area contributed by atoms with Gasteiger partial charge in [-0.1, -0.05) is 12.1 Å². The van der Waals surface area contributed by atoms with E-state index >= 15 is 0 Å². The largest absolute Gasteiger partial charge is 0.344 e. The van der Waals surface area contributed by atoms with Crippen LogP contribution in [0.4, 0.5) is 0 Å². The summed E-state index contributed by atoms with van der Waals surface area (Å²) in [6.45, 7) is 4.17. The van der Waals surface area contributed by atoms with Crippen LogP contribution in [0.25, 0.3) is 10.2 Å². The van der Waals surface area contributed by atoms with Crippen LogP contribution in [-0.2, 0) is 4.79 Å². The van der Waals surface area contributed by atoms with Gasteiger partial charge >= 0.3 is 0 Å². The number of nitrogens with zero attached hydrogens (tertiary/aromatic N) is 2. The van der Waals surface area contributed by atoms with Crippen molar-refractivity contribution in [3.05, 3.63) is 29.3 Å². The third kappa shape index (κ3) is 3.01. The van der Waals surface area contributed by atoms with Gasteiger partial charge in [0.2, 0.25) is 0 Å². The first-order chi connectivity index (χ1) is 10.6. The van der Waals surface area contributed by atoms with Crippen LogP contribution in [0.3, 0.4) is 0 Å². The molecule has 4 nitrogen and oxygen atoms in total. The number of para-hydroxylation sites is 1. The van der Waals surface area contributed by atoms with E-state index in [-0.39, 0.29) is 11.9 Å². The Morgan fingerprint density at radius 2 is 2.00 bits per heavy atom. The van der Waals surface area contributed by atoms with Gasteiger partial charge in [0.05, 0.1) is 28.3 Å². The van der Waals surface area contributed by atoms with E-state index in [1.165, 1.54) is 14.6 Å². The minimum atomic E-state index is 0.0614. The summed E-state index contributed by atoms with van der Waals surface area (Å²) < 4.78 is 1.28. The highest BCUT2D eigenvalue weighted by Gasteiger charge is 2.32. The maximum Gasteiger partial charge on any atom is 0.280 e. The van der Waals surface area contributed by atoms with Crippen LogP contribution in [0.1, 0.15) is 30.7 Å². The molecule has 3 rings (SSSR count). The number of likely N-dealkylation sites (tertiary alicyclic amines) is 1. The Morgan fingerprint density at radius 3 is 2.64 bits per heavy atom. The molecule has 1 fully saturated rings. The summed E-state index contributed by atoms with van der Waals surface area (Å²) in [7, 11) is 3.68. The molecule has 1 saturated heterocycles. The first kappa shape index (κ1) is 15.4. The summed E-state index contributed by atoms with van der Waals surface area (Å²) in [4.78, 5) is 20.0. The number of hydrogen-bond donors (Lipinski definition) is 1. The average molecular weight is 318 g/mol. The van der Waals surface area contributed by atoms with E-state index in [9.17, 15) is 4.79 Å². The minimum absolute atomic E-state index is 0.0614. The fraction of sp³-hybridized carbons (Fsp3) is 0.529. The zero-order valence-electron chi connectivity index (χ0n) is 13.5. The Bertz CT molecular complexity index is 626. The van der Waals surface area contributed by atoms with Crippen LogP contribution in [0.5, 0.6) is 0 Å². The molecule has 0 bridgehead atoms. The van der Waals surface area contributed by atoms with E-state index in [1.54, 1.807) is 4.90 Å². The summed E-state index contributed by atoms with van der Waals surface area (Å²) in [5.41, 5.74) is 1.12. The number of carbonyl (C=O) groups excluding carboxylic acids is 1. The molecule has 0 radical (unpaired) electrons. The van der Waals surface area contributed by atoms with Gasteiger partial charge in [0.25, 0.3) is 5.91 Å². The molecule has 5 heteroatoms. The Kier molecular flexibility index (Phi) is 4.45. The Balaban J connectivity index is 1.65. The van der Waals surface area contributed by atoms with Gasteiger partial charge in [-0.15, -0.1) is 11.3 Å². The Morgan fingerprint density at radius 1 is 1.32 bits per heavy atom. The molecule has 1 aliphatic rings. The van der Waals surface area contributed by atoms with Crippen molar-refractivity contribution in [3.8, 4) is 0 Å². The number of nitrogens with one attached hydrogen (secondary N) is 1. The first-order valence-corrected chi connectivity index (χ1v) is 8.79. The highest BCUT2D eigenvalue weighted by atomic mass is 32.1. The molecule has 0 spiro atoms. The van der Waals surface area contributed by atoms with E-state index in [0.29, 0.717) is 5.92 Å². The lowest BCUT2D eigenvalue weighted by molar-refractivity contribution is -0.919. The van der Waals surface area contributed by atoms with E-state index in [0.717, 1.165) is 31.4 Å². The smallest absolute Gasteiger partial charge is 0.280 e. The topological polar surface area (TPSA) is 37.6 Å². The number of carbonyl (C=O) groups is 1. The second-order valence-electron chi connectivity index (χ2n) is 6.41. The standard InChI is InChI=1S/C17H23N3OS/c1-12(17(21)19(2)3)20-10-8-13(9-11-20)16-18-14-6-4-5-7-15(14)22-16/h4-7,12-13H,8-11H2,1-3H3/p+1/t12-/m0/s1. The van der Waals surface area contributed by atoms with Crippen molar-refractivity contribution in [1.82, 2.24) is 9.88 Å². The molecule has 1 N–H and O–H groups in total. The summed E-state index contributed by atoms with van der Waals surface area (Å²) in [6, 6.07) is 8.42. The monoisotopic (exact) mass is 318 g/mol. The van der Waals surface area contributed by atoms with Gasteiger partial charge in [-0.05, 0) is 19.1 Å². The number of piperidine rings is 1. The van der Waals surface area contributed by atoms with Gasteiger partial charge < -0.3 is 9.80 Å². The highest BCUT2D eigenvalue weighted by Crippen LogP contribution is 2.31. The molecule has 1 atom stereocenters. The predicted octanol–water partition coefficient (Wildman–Crippen LogP) is 1.54. The number of quaternary nitrogens is 1. The van der Waals surface area contributed by atoms with Crippen LogP contribution in [0.2, 0.25) is 0 Å². The number of benzene rings is 1. The number of thiazole rings is 1. The Hall–Kier alpha value is -1.46. The molecule has 118 valence electrons. The third-order valence-corrected chi connectivity index (χ3v) is 5.91. The molecule has 1 amide bonds. The van der Waals surface area contributed by atoms with Gasteiger partial charge in [-0.3, -0.25) is 4.79 Å². The van der Waals surface area contributed by atoms with E-state index < -0.39 is 0 Å². The average Bonchev–Trinajstić information content (AvgIpc) is 2.97. The van der Waals surface area contributed by atoms with Gasteiger partial charge in [0, 0.05) is 32.9 Å². The lowest BCUT2D eigenvalue weighted by Crippen LogP contribution is -3.17.